The van der Waals surface area contributed by atoms with Crippen molar-refractivity contribution >= 4 is 10.8 Å². The normalized spacial score (nSPS) is 12.0. The SMILES string of the molecule is Cc1[nH]c(=O)c2ccccc2c1CN(C(C)C)C(C)C. The number of hydrogen-bond acceptors (Lipinski definition) is 2. The molecule has 0 radical (unpaired) electrons. The lowest BCUT2D eigenvalue weighted by Gasteiger charge is -2.31. The summed E-state index contributed by atoms with van der Waals surface area (Å²) in [5.74, 6) is 0. The van der Waals surface area contributed by atoms with Crippen molar-refractivity contribution in [3.05, 3.63) is 45.9 Å². The molecule has 108 valence electrons. The van der Waals surface area contributed by atoms with E-state index >= 15 is 0 Å². The second-order valence-corrected chi connectivity index (χ2v) is 5.96. The van der Waals surface area contributed by atoms with Crippen molar-refractivity contribution in [2.24, 2.45) is 0 Å². The molecule has 0 saturated carbocycles. The van der Waals surface area contributed by atoms with Crippen molar-refractivity contribution in [2.45, 2.75) is 53.2 Å². The Labute approximate surface area is 120 Å². The van der Waals surface area contributed by atoms with Crippen LogP contribution >= 0.6 is 0 Å². The highest BCUT2D eigenvalue weighted by Gasteiger charge is 2.17. The quantitative estimate of drug-likeness (QED) is 0.925. The van der Waals surface area contributed by atoms with E-state index in [2.05, 4.69) is 37.6 Å². The van der Waals surface area contributed by atoms with E-state index in [1.807, 2.05) is 31.2 Å². The number of aromatic amines is 1. The molecule has 0 aliphatic heterocycles. The van der Waals surface area contributed by atoms with Gasteiger partial charge in [0.25, 0.3) is 5.56 Å². The minimum Gasteiger partial charge on any atom is -0.326 e. The number of pyridine rings is 1. The van der Waals surface area contributed by atoms with Gasteiger partial charge in [0.05, 0.1) is 0 Å². The fourth-order valence-corrected chi connectivity index (χ4v) is 2.81. The molecule has 2 rings (SSSR count). The first-order valence-electron chi connectivity index (χ1n) is 7.28. The second-order valence-electron chi connectivity index (χ2n) is 5.96. The highest BCUT2D eigenvalue weighted by molar-refractivity contribution is 5.85. The summed E-state index contributed by atoms with van der Waals surface area (Å²) >= 11 is 0. The second kappa shape index (κ2) is 5.80. The summed E-state index contributed by atoms with van der Waals surface area (Å²) in [7, 11) is 0. The molecule has 0 unspecified atom stereocenters. The maximum atomic E-state index is 12.0. The predicted molar refractivity (Wildman–Crippen MR) is 85.1 cm³/mol. The van der Waals surface area contributed by atoms with Crippen LogP contribution in [0, 0.1) is 6.92 Å². The third-order valence-electron chi connectivity index (χ3n) is 3.92. The number of rotatable bonds is 4. The molecule has 0 saturated heterocycles. The number of hydrogen-bond donors (Lipinski definition) is 1. The fraction of sp³-hybridized carbons (Fsp3) is 0.471. The highest BCUT2D eigenvalue weighted by Crippen LogP contribution is 2.21. The third-order valence-corrected chi connectivity index (χ3v) is 3.92. The van der Waals surface area contributed by atoms with Crippen molar-refractivity contribution in [2.75, 3.05) is 0 Å². The van der Waals surface area contributed by atoms with E-state index in [9.17, 15) is 4.79 Å². The standard InChI is InChI=1S/C17H24N2O/c1-11(2)19(12(3)4)10-16-13(5)18-17(20)15-9-7-6-8-14(15)16/h6-9,11-12H,10H2,1-5H3,(H,18,20). The zero-order valence-electron chi connectivity index (χ0n) is 13.0. The molecule has 0 atom stereocenters. The van der Waals surface area contributed by atoms with Crippen LogP contribution in [0.15, 0.2) is 29.1 Å². The van der Waals surface area contributed by atoms with E-state index in [0.717, 1.165) is 23.0 Å². The molecule has 2 aromatic rings. The topological polar surface area (TPSA) is 36.1 Å². The number of aryl methyl sites for hydroxylation is 1. The Balaban J connectivity index is 2.57. The van der Waals surface area contributed by atoms with E-state index in [0.29, 0.717) is 12.1 Å². The van der Waals surface area contributed by atoms with Gasteiger partial charge in [0.2, 0.25) is 0 Å². The summed E-state index contributed by atoms with van der Waals surface area (Å²) < 4.78 is 0. The maximum Gasteiger partial charge on any atom is 0.256 e. The van der Waals surface area contributed by atoms with Gasteiger partial charge in [-0.25, -0.2) is 0 Å². The third kappa shape index (κ3) is 2.78. The predicted octanol–water partition coefficient (Wildman–Crippen LogP) is 3.46. The smallest absolute Gasteiger partial charge is 0.256 e. The van der Waals surface area contributed by atoms with Crippen LogP contribution in [0.5, 0.6) is 0 Å². The van der Waals surface area contributed by atoms with E-state index in [-0.39, 0.29) is 5.56 Å². The molecule has 0 aliphatic rings. The van der Waals surface area contributed by atoms with E-state index in [1.54, 1.807) is 0 Å². The van der Waals surface area contributed by atoms with Crippen LogP contribution in [0.4, 0.5) is 0 Å². The average Bonchev–Trinajstić information content (AvgIpc) is 2.37. The van der Waals surface area contributed by atoms with Gasteiger partial charge in [-0.3, -0.25) is 9.69 Å². The van der Waals surface area contributed by atoms with Crippen molar-refractivity contribution < 1.29 is 0 Å². The summed E-state index contributed by atoms with van der Waals surface area (Å²) in [6.07, 6.45) is 0. The van der Waals surface area contributed by atoms with Crippen LogP contribution < -0.4 is 5.56 Å². The highest BCUT2D eigenvalue weighted by atomic mass is 16.1. The van der Waals surface area contributed by atoms with Crippen molar-refractivity contribution in [3.8, 4) is 0 Å². The van der Waals surface area contributed by atoms with Gasteiger partial charge in [0, 0.05) is 29.7 Å². The van der Waals surface area contributed by atoms with Crippen LogP contribution in [-0.2, 0) is 6.54 Å². The number of fused-ring (bicyclic) bond motifs is 1. The molecule has 3 heteroatoms. The summed E-state index contributed by atoms with van der Waals surface area (Å²) in [6, 6.07) is 8.80. The molecule has 1 aromatic heterocycles. The Hall–Kier alpha value is -1.61. The van der Waals surface area contributed by atoms with E-state index < -0.39 is 0 Å². The van der Waals surface area contributed by atoms with Gasteiger partial charge in [0.15, 0.2) is 0 Å². The van der Waals surface area contributed by atoms with Crippen molar-refractivity contribution in [3.63, 3.8) is 0 Å². The van der Waals surface area contributed by atoms with Gasteiger partial charge in [0.1, 0.15) is 0 Å². The minimum absolute atomic E-state index is 0.00231. The summed E-state index contributed by atoms with van der Waals surface area (Å²) in [6.45, 7) is 11.7. The minimum atomic E-state index is 0.00231. The van der Waals surface area contributed by atoms with Crippen molar-refractivity contribution in [1.29, 1.82) is 0 Å². The monoisotopic (exact) mass is 272 g/mol. The van der Waals surface area contributed by atoms with Crippen LogP contribution in [-0.4, -0.2) is 22.0 Å². The Bertz CT molecular complexity index is 648. The van der Waals surface area contributed by atoms with Crippen LogP contribution in [0.25, 0.3) is 10.8 Å². The molecule has 3 nitrogen and oxygen atoms in total. The molecule has 1 aromatic carbocycles. The zero-order chi connectivity index (χ0) is 14.9. The van der Waals surface area contributed by atoms with Crippen LogP contribution in [0.3, 0.4) is 0 Å². The molecular formula is C17H24N2O. The van der Waals surface area contributed by atoms with Gasteiger partial charge < -0.3 is 4.98 Å². The van der Waals surface area contributed by atoms with Gasteiger partial charge in [-0.05, 0) is 51.6 Å². The molecule has 20 heavy (non-hydrogen) atoms. The lowest BCUT2D eigenvalue weighted by molar-refractivity contribution is 0.166. The molecule has 0 aliphatic carbocycles. The fourth-order valence-electron chi connectivity index (χ4n) is 2.81. The summed E-state index contributed by atoms with van der Waals surface area (Å²) in [5.41, 5.74) is 2.20. The Morgan fingerprint density at radius 3 is 2.15 bits per heavy atom. The number of aromatic nitrogens is 1. The number of nitrogens with one attached hydrogen (secondary N) is 1. The van der Waals surface area contributed by atoms with Gasteiger partial charge >= 0.3 is 0 Å². The number of H-pyrrole nitrogens is 1. The van der Waals surface area contributed by atoms with E-state index in [1.165, 1.54) is 5.56 Å². The first-order valence-corrected chi connectivity index (χ1v) is 7.28. The first kappa shape index (κ1) is 14.8. The zero-order valence-corrected chi connectivity index (χ0v) is 13.0. The van der Waals surface area contributed by atoms with Crippen molar-refractivity contribution in [1.82, 2.24) is 9.88 Å². The Morgan fingerprint density at radius 1 is 1.05 bits per heavy atom. The lowest BCUT2D eigenvalue weighted by atomic mass is 10.0. The summed E-state index contributed by atoms with van der Waals surface area (Å²) in [5, 5.41) is 1.85. The number of nitrogens with zero attached hydrogens (tertiary/aromatic N) is 1. The van der Waals surface area contributed by atoms with Crippen LogP contribution in [0.2, 0.25) is 0 Å². The van der Waals surface area contributed by atoms with Crippen LogP contribution in [0.1, 0.15) is 39.0 Å². The molecule has 1 heterocycles. The Kier molecular flexibility index (Phi) is 4.29. The molecule has 0 spiro atoms. The van der Waals surface area contributed by atoms with Gasteiger partial charge in [-0.1, -0.05) is 18.2 Å². The van der Waals surface area contributed by atoms with Gasteiger partial charge in [-0.2, -0.15) is 0 Å². The average molecular weight is 272 g/mol. The molecule has 1 N–H and O–H groups in total. The first-order chi connectivity index (χ1) is 9.41. The van der Waals surface area contributed by atoms with Gasteiger partial charge in [-0.15, -0.1) is 0 Å². The largest absolute Gasteiger partial charge is 0.326 e. The summed E-state index contributed by atoms with van der Waals surface area (Å²) in [4.78, 5) is 17.5. The lowest BCUT2D eigenvalue weighted by Crippen LogP contribution is -2.36. The van der Waals surface area contributed by atoms with E-state index in [4.69, 9.17) is 0 Å². The Morgan fingerprint density at radius 2 is 1.60 bits per heavy atom. The molecule has 0 fully saturated rings. The molecular weight excluding hydrogens is 248 g/mol. The molecule has 0 amide bonds. The molecule has 0 bridgehead atoms. The maximum absolute atomic E-state index is 12.0. The number of benzene rings is 1.